The maximum atomic E-state index is 5.17. The molecule has 0 aliphatic rings. The van der Waals surface area contributed by atoms with E-state index < -0.39 is 0 Å². The van der Waals surface area contributed by atoms with Gasteiger partial charge in [-0.05, 0) is 37.7 Å². The third-order valence-corrected chi connectivity index (χ3v) is 3.93. The quantitative estimate of drug-likeness (QED) is 0.899. The minimum absolute atomic E-state index is 0.876. The summed E-state index contributed by atoms with van der Waals surface area (Å²) in [7, 11) is 3.64. The molecule has 0 atom stereocenters. The summed E-state index contributed by atoms with van der Waals surface area (Å²) in [5, 5.41) is 4.28. The summed E-state index contributed by atoms with van der Waals surface area (Å²) >= 11 is 1.76. The average Bonchev–Trinajstić information content (AvgIpc) is 2.82. The van der Waals surface area contributed by atoms with Crippen LogP contribution in [0.4, 0.5) is 0 Å². The van der Waals surface area contributed by atoms with Crippen LogP contribution in [0.15, 0.2) is 24.3 Å². The van der Waals surface area contributed by atoms with Gasteiger partial charge in [-0.25, -0.2) is 4.98 Å². The number of hydrogen-bond donors (Lipinski definition) is 1. The number of aromatic nitrogens is 1. The Morgan fingerprint density at radius 1 is 1.28 bits per heavy atom. The van der Waals surface area contributed by atoms with Crippen molar-refractivity contribution >= 4 is 11.3 Å². The molecular weight excluding hydrogens is 244 g/mol. The Labute approximate surface area is 112 Å². The van der Waals surface area contributed by atoms with Gasteiger partial charge in [0, 0.05) is 17.0 Å². The number of thiazole rings is 1. The van der Waals surface area contributed by atoms with E-state index in [2.05, 4.69) is 24.4 Å². The topological polar surface area (TPSA) is 34.1 Å². The fourth-order valence-corrected chi connectivity index (χ4v) is 2.98. The smallest absolute Gasteiger partial charge is 0.123 e. The zero-order valence-corrected chi connectivity index (χ0v) is 11.8. The first-order valence-electron chi connectivity index (χ1n) is 6.06. The van der Waals surface area contributed by atoms with Crippen LogP contribution in [-0.4, -0.2) is 19.1 Å². The molecule has 96 valence electrons. The van der Waals surface area contributed by atoms with Gasteiger partial charge in [-0.15, -0.1) is 11.3 Å². The molecule has 1 aromatic heterocycles. The lowest BCUT2D eigenvalue weighted by atomic mass is 10.2. The van der Waals surface area contributed by atoms with E-state index in [1.807, 2.05) is 19.2 Å². The van der Waals surface area contributed by atoms with Crippen molar-refractivity contribution in [2.45, 2.75) is 19.9 Å². The predicted octanol–water partition coefficient (Wildman–Crippen LogP) is 3.10. The highest BCUT2D eigenvalue weighted by Gasteiger charge is 2.10. The van der Waals surface area contributed by atoms with Crippen LogP contribution in [0.3, 0.4) is 0 Å². The van der Waals surface area contributed by atoms with Gasteiger partial charge in [-0.3, -0.25) is 0 Å². The van der Waals surface area contributed by atoms with Crippen LogP contribution in [-0.2, 0) is 13.0 Å². The van der Waals surface area contributed by atoms with Gasteiger partial charge in [0.15, 0.2) is 0 Å². The van der Waals surface area contributed by atoms with Gasteiger partial charge in [-0.1, -0.05) is 6.92 Å². The molecule has 2 aromatic rings. The molecule has 0 bridgehead atoms. The number of hydrogen-bond acceptors (Lipinski definition) is 4. The lowest BCUT2D eigenvalue weighted by molar-refractivity contribution is 0.415. The Hall–Kier alpha value is -1.39. The zero-order valence-electron chi connectivity index (χ0n) is 11.0. The summed E-state index contributed by atoms with van der Waals surface area (Å²) in [6.45, 7) is 3.03. The molecule has 1 heterocycles. The molecule has 0 aliphatic heterocycles. The molecule has 18 heavy (non-hydrogen) atoms. The molecule has 1 aromatic carbocycles. The van der Waals surface area contributed by atoms with Crippen molar-refractivity contribution in [3.8, 4) is 16.3 Å². The van der Waals surface area contributed by atoms with Gasteiger partial charge < -0.3 is 10.1 Å². The third kappa shape index (κ3) is 2.71. The number of ether oxygens (including phenoxy) is 1. The van der Waals surface area contributed by atoms with Crippen LogP contribution in [0.5, 0.6) is 5.75 Å². The predicted molar refractivity (Wildman–Crippen MR) is 76.2 cm³/mol. The van der Waals surface area contributed by atoms with E-state index in [1.54, 1.807) is 18.4 Å². The molecule has 4 heteroatoms. The number of nitrogens with zero attached hydrogens (tertiary/aromatic N) is 1. The largest absolute Gasteiger partial charge is 0.497 e. The van der Waals surface area contributed by atoms with Crippen molar-refractivity contribution in [1.29, 1.82) is 0 Å². The van der Waals surface area contributed by atoms with Crippen molar-refractivity contribution in [3.63, 3.8) is 0 Å². The second kappa shape index (κ2) is 5.98. The highest BCUT2D eigenvalue weighted by atomic mass is 32.1. The molecule has 2 rings (SSSR count). The van der Waals surface area contributed by atoms with E-state index in [-0.39, 0.29) is 0 Å². The van der Waals surface area contributed by atoms with Crippen molar-refractivity contribution in [3.05, 3.63) is 34.8 Å². The molecule has 3 nitrogen and oxygen atoms in total. The lowest BCUT2D eigenvalue weighted by Crippen LogP contribution is -2.05. The summed E-state index contributed by atoms with van der Waals surface area (Å²) in [5.74, 6) is 0.876. The third-order valence-electron chi connectivity index (χ3n) is 2.79. The minimum Gasteiger partial charge on any atom is -0.497 e. The van der Waals surface area contributed by atoms with Crippen molar-refractivity contribution in [2.24, 2.45) is 0 Å². The summed E-state index contributed by atoms with van der Waals surface area (Å²) in [6, 6.07) is 8.06. The number of methoxy groups -OCH3 is 1. The van der Waals surface area contributed by atoms with Crippen molar-refractivity contribution in [1.82, 2.24) is 10.3 Å². The van der Waals surface area contributed by atoms with Gasteiger partial charge in [0.2, 0.25) is 0 Å². The molecule has 0 saturated carbocycles. The molecular formula is C14H18N2OS. The van der Waals surface area contributed by atoms with E-state index in [9.17, 15) is 0 Å². The maximum Gasteiger partial charge on any atom is 0.123 e. The SMILES string of the molecule is CCc1nc(-c2ccc(OC)cc2)sc1CNC. The summed E-state index contributed by atoms with van der Waals surface area (Å²) < 4.78 is 5.17. The van der Waals surface area contributed by atoms with E-state index in [0.717, 1.165) is 29.3 Å². The first kappa shape index (κ1) is 13.1. The van der Waals surface area contributed by atoms with E-state index in [1.165, 1.54) is 10.6 Å². The fraction of sp³-hybridized carbons (Fsp3) is 0.357. The van der Waals surface area contributed by atoms with Crippen LogP contribution < -0.4 is 10.1 Å². The lowest BCUT2D eigenvalue weighted by Gasteiger charge is -2.00. The first-order valence-corrected chi connectivity index (χ1v) is 6.87. The standard InChI is InChI=1S/C14H18N2OS/c1-4-12-13(9-15-2)18-14(16-12)10-5-7-11(17-3)8-6-10/h5-8,15H,4,9H2,1-3H3. The Bertz CT molecular complexity index is 505. The minimum atomic E-state index is 0.876. The summed E-state index contributed by atoms with van der Waals surface area (Å²) in [5.41, 5.74) is 2.35. The molecule has 0 aliphatic carbocycles. The van der Waals surface area contributed by atoms with Crippen molar-refractivity contribution < 1.29 is 4.74 Å². The first-order chi connectivity index (χ1) is 8.78. The van der Waals surface area contributed by atoms with Crippen LogP contribution in [0.1, 0.15) is 17.5 Å². The second-order valence-corrected chi connectivity index (χ2v) is 5.08. The normalized spacial score (nSPS) is 10.6. The Balaban J connectivity index is 2.31. The molecule has 0 amide bonds. The van der Waals surface area contributed by atoms with Gasteiger partial charge in [-0.2, -0.15) is 0 Å². The molecule has 1 N–H and O–H groups in total. The highest BCUT2D eigenvalue weighted by molar-refractivity contribution is 7.15. The monoisotopic (exact) mass is 262 g/mol. The van der Waals surface area contributed by atoms with E-state index >= 15 is 0 Å². The number of nitrogens with one attached hydrogen (secondary N) is 1. The van der Waals surface area contributed by atoms with Crippen LogP contribution in [0.2, 0.25) is 0 Å². The highest BCUT2D eigenvalue weighted by Crippen LogP contribution is 2.29. The molecule has 0 fully saturated rings. The average molecular weight is 262 g/mol. The number of aryl methyl sites for hydroxylation is 1. The van der Waals surface area contributed by atoms with Crippen LogP contribution >= 0.6 is 11.3 Å². The second-order valence-electron chi connectivity index (χ2n) is 4.00. The maximum absolute atomic E-state index is 5.17. The van der Waals surface area contributed by atoms with Gasteiger partial charge >= 0.3 is 0 Å². The van der Waals surface area contributed by atoms with Crippen LogP contribution in [0.25, 0.3) is 10.6 Å². The summed E-state index contributed by atoms with van der Waals surface area (Å²) in [4.78, 5) is 6.04. The van der Waals surface area contributed by atoms with Crippen molar-refractivity contribution in [2.75, 3.05) is 14.2 Å². The van der Waals surface area contributed by atoms with E-state index in [4.69, 9.17) is 9.72 Å². The van der Waals surface area contributed by atoms with Gasteiger partial charge in [0.25, 0.3) is 0 Å². The molecule has 0 radical (unpaired) electrons. The van der Waals surface area contributed by atoms with E-state index in [0.29, 0.717) is 0 Å². The number of rotatable bonds is 5. The molecule has 0 unspecified atom stereocenters. The van der Waals surface area contributed by atoms with Crippen LogP contribution in [0, 0.1) is 0 Å². The Morgan fingerprint density at radius 3 is 2.56 bits per heavy atom. The van der Waals surface area contributed by atoms with Gasteiger partial charge in [0.1, 0.15) is 10.8 Å². The summed E-state index contributed by atoms with van der Waals surface area (Å²) in [6.07, 6.45) is 0.976. The van der Waals surface area contributed by atoms with Gasteiger partial charge in [0.05, 0.1) is 12.8 Å². The number of benzene rings is 1. The zero-order chi connectivity index (χ0) is 13.0. The molecule has 0 saturated heterocycles. The fourth-order valence-electron chi connectivity index (χ4n) is 1.82. The molecule has 0 spiro atoms. The Morgan fingerprint density at radius 2 is 2.00 bits per heavy atom. The Kier molecular flexibility index (Phi) is 4.33.